The number of amides is 6. The fraction of sp³-hybridized carbons (Fsp3) is 0.446. The van der Waals surface area contributed by atoms with E-state index in [1.807, 2.05) is 114 Å². The number of hydrogen-bond acceptors (Lipinski definition) is 11. The number of piperidine rings is 3. The van der Waals surface area contributed by atoms with Gasteiger partial charge in [0.05, 0.1) is 18.2 Å². The van der Waals surface area contributed by atoms with Crippen molar-refractivity contribution < 1.29 is 51.7 Å². The van der Waals surface area contributed by atoms with Gasteiger partial charge in [0.1, 0.15) is 11.6 Å². The van der Waals surface area contributed by atoms with E-state index in [1.165, 1.54) is 38.9 Å². The zero-order valence-electron chi connectivity index (χ0n) is 61.4. The highest BCUT2D eigenvalue weighted by Crippen LogP contribution is 2.36. The van der Waals surface area contributed by atoms with E-state index in [1.54, 1.807) is 29.2 Å². The molecule has 20 heteroatoms. The third kappa shape index (κ3) is 22.7. The maximum atomic E-state index is 13.9. The van der Waals surface area contributed by atoms with Crippen LogP contribution in [0.2, 0.25) is 0 Å². The predicted octanol–water partition coefficient (Wildman–Crippen LogP) is 18.2. The number of rotatable bonds is 24. The van der Waals surface area contributed by atoms with Gasteiger partial charge in [-0.05, 0) is 191 Å². The number of phenolic OH excluding ortho intramolecular Hbond substituents is 1. The van der Waals surface area contributed by atoms with Crippen molar-refractivity contribution in [1.29, 1.82) is 0 Å². The minimum Gasteiger partial charge on any atom is -0.508 e. The second-order valence-electron chi connectivity index (χ2n) is 27.8. The first-order valence-electron chi connectivity index (χ1n) is 36.9. The van der Waals surface area contributed by atoms with Gasteiger partial charge in [-0.25, -0.2) is 32.3 Å². The third-order valence-corrected chi connectivity index (χ3v) is 20.2. The van der Waals surface area contributed by atoms with Crippen molar-refractivity contribution in [2.45, 2.75) is 181 Å². The largest absolute Gasteiger partial charge is 0.508 e. The van der Waals surface area contributed by atoms with Gasteiger partial charge in [-0.1, -0.05) is 131 Å². The number of nitrogens with one attached hydrogen (secondary N) is 3. The second kappa shape index (κ2) is 38.4. The Labute approximate surface area is 607 Å². The number of esters is 1. The molecule has 4 heterocycles. The van der Waals surface area contributed by atoms with Gasteiger partial charge in [-0.2, -0.15) is 0 Å². The number of carbonyl (C=O) groups excluding carboxylic acids is 4. The number of aromatic hydroxyl groups is 1. The normalized spacial score (nSPS) is 15.8. The van der Waals surface area contributed by atoms with Crippen molar-refractivity contribution in [3.63, 3.8) is 0 Å². The number of alkyl halides is 2. The molecule has 0 saturated carbocycles. The lowest BCUT2D eigenvalue weighted by molar-refractivity contribution is 0.0138. The Morgan fingerprint density at radius 2 is 1.08 bits per heavy atom. The number of hydrogen-bond donors (Lipinski definition) is 4. The zero-order valence-corrected chi connectivity index (χ0v) is 61.4. The van der Waals surface area contributed by atoms with Crippen molar-refractivity contribution in [1.82, 2.24) is 29.4 Å². The summed E-state index contributed by atoms with van der Waals surface area (Å²) in [6.07, 6.45) is 12.7. The molecule has 17 nitrogen and oxygen atoms in total. The lowest BCUT2D eigenvalue weighted by Crippen LogP contribution is -2.50. The summed E-state index contributed by atoms with van der Waals surface area (Å²) >= 11 is 0. The molecular formula is C83H106F3N9O8. The van der Waals surface area contributed by atoms with E-state index in [2.05, 4.69) is 89.5 Å². The Kier molecular flexibility index (Phi) is 29.1. The molecule has 2 atom stereocenters. The van der Waals surface area contributed by atoms with Crippen LogP contribution in [-0.4, -0.2) is 148 Å². The minimum absolute atomic E-state index is 0.0224. The van der Waals surface area contributed by atoms with Gasteiger partial charge >= 0.3 is 24.1 Å². The van der Waals surface area contributed by atoms with Crippen LogP contribution in [0, 0.1) is 12.7 Å². The quantitative estimate of drug-likeness (QED) is 0.0335. The van der Waals surface area contributed by atoms with Crippen molar-refractivity contribution >= 4 is 41.1 Å². The Balaban J connectivity index is 0.000000181. The van der Waals surface area contributed by atoms with Crippen LogP contribution in [0.3, 0.4) is 0 Å². The first-order valence-corrected chi connectivity index (χ1v) is 36.9. The smallest absolute Gasteiger partial charge is 0.337 e. The number of aryl methyl sites for hydroxylation is 1. The van der Waals surface area contributed by atoms with Crippen LogP contribution < -0.4 is 25.4 Å². The summed E-state index contributed by atoms with van der Waals surface area (Å²) in [6.45, 7) is 22.4. The highest BCUT2D eigenvalue weighted by Gasteiger charge is 2.34. The van der Waals surface area contributed by atoms with E-state index in [4.69, 9.17) is 14.2 Å². The minimum atomic E-state index is -3.36. The molecule has 11 rings (SSSR count). The number of urea groups is 3. The lowest BCUT2D eigenvalue weighted by atomic mass is 10.00. The molecule has 0 spiro atoms. The summed E-state index contributed by atoms with van der Waals surface area (Å²) in [7, 11) is 1.38. The number of halogens is 3. The summed E-state index contributed by atoms with van der Waals surface area (Å²) < 4.78 is 57.3. The number of phenols is 1. The average molecular weight is 1410 g/mol. The fourth-order valence-corrected chi connectivity index (χ4v) is 14.2. The van der Waals surface area contributed by atoms with E-state index < -0.39 is 23.3 Å². The van der Waals surface area contributed by atoms with Gasteiger partial charge in [0.25, 0.3) is 5.92 Å². The molecule has 0 aromatic heterocycles. The molecule has 3 fully saturated rings. The summed E-state index contributed by atoms with van der Waals surface area (Å²) in [5.41, 5.74) is 7.25. The number of anilines is 3. The highest BCUT2D eigenvalue weighted by molar-refractivity contribution is 5.93. The molecule has 4 aliphatic heterocycles. The van der Waals surface area contributed by atoms with E-state index in [-0.39, 0.29) is 54.4 Å². The summed E-state index contributed by atoms with van der Waals surface area (Å²) in [4.78, 5) is 65.5. The molecule has 3 saturated heterocycles. The van der Waals surface area contributed by atoms with Crippen LogP contribution in [-0.2, 0) is 30.3 Å². The maximum Gasteiger partial charge on any atom is 0.337 e. The van der Waals surface area contributed by atoms with Crippen molar-refractivity contribution in [2.75, 3.05) is 75.7 Å². The number of nitrogens with zero attached hydrogens (tertiary/aromatic N) is 6. The molecule has 0 radical (unpaired) electrons. The highest BCUT2D eigenvalue weighted by atomic mass is 19.3. The summed E-state index contributed by atoms with van der Waals surface area (Å²) in [5, 5.41) is 18.6. The fourth-order valence-electron chi connectivity index (χ4n) is 14.2. The lowest BCUT2D eigenvalue weighted by Gasteiger charge is -2.40. The zero-order chi connectivity index (χ0) is 73.4. The van der Waals surface area contributed by atoms with E-state index in [9.17, 15) is 37.5 Å². The first-order chi connectivity index (χ1) is 49.7. The predicted molar refractivity (Wildman–Crippen MR) is 403 cm³/mol. The number of unbranched alkanes of at least 4 members (excludes halogenated alkanes) is 1. The molecule has 7 aromatic carbocycles. The van der Waals surface area contributed by atoms with Gasteiger partial charge in [0.15, 0.2) is 11.5 Å². The molecule has 4 aliphatic rings. The number of benzene rings is 7. The van der Waals surface area contributed by atoms with Crippen molar-refractivity contribution in [3.05, 3.63) is 203 Å². The molecular weight excluding hydrogens is 1310 g/mol. The van der Waals surface area contributed by atoms with Gasteiger partial charge < -0.3 is 64.7 Å². The van der Waals surface area contributed by atoms with Gasteiger partial charge in [-0.15, -0.1) is 0 Å². The summed E-state index contributed by atoms with van der Waals surface area (Å²) in [6, 6.07) is 50.3. The Morgan fingerprint density at radius 1 is 0.563 bits per heavy atom. The average Bonchev–Trinajstić information content (AvgIpc) is 1.81. The molecule has 0 bridgehead atoms. The van der Waals surface area contributed by atoms with Crippen LogP contribution in [0.4, 0.5) is 44.6 Å². The van der Waals surface area contributed by atoms with Gasteiger partial charge in [0, 0.05) is 113 Å². The molecule has 2 unspecified atom stereocenters. The molecule has 552 valence electrons. The standard InChI is InChI=1S/C32H39N3O3.C26H32F3N3O3.C25H35N3O2/c1-4-9-24(2)34-20-18-30(19-21-34)35(23-25-10-6-5-7-11-25)32(37)33-29-16-14-26(15-17-29)27-12-8-13-28(22-27)31(36)38-3;1-3-4-11-31-12-9-20(10-13-31)32(16-18-5-8-23-24(14-18)35-17-34-23)25(33)30-19-6-7-22(27)21(15-19)26(2,28)29;1-4-8-20(3)27-15-13-22(14-16-27)28(18-21-9-6-5-7-10-21)25(30)26-24-12-11-23(29)17-19(24)2/h5-8,10-17,22,24,30H,4,9,18-21,23H2,1-3H3,(H,33,37);5-8,14-15,20H,3-4,9-13,16-17H2,1-2H3,(H,30,33);5-7,9-12,17,20,22,29H,4,8,13-16,18H2,1-3H3,(H,26,30). The number of likely N-dealkylation sites (tertiary alicyclic amines) is 3. The van der Waals surface area contributed by atoms with E-state index in [0.29, 0.717) is 55.7 Å². The molecule has 103 heavy (non-hydrogen) atoms. The van der Waals surface area contributed by atoms with E-state index >= 15 is 0 Å². The molecule has 0 aliphatic carbocycles. The van der Waals surface area contributed by atoms with Crippen LogP contribution in [0.1, 0.15) is 157 Å². The Morgan fingerprint density at radius 3 is 1.60 bits per heavy atom. The van der Waals surface area contributed by atoms with Gasteiger partial charge in [-0.3, -0.25) is 0 Å². The third-order valence-electron chi connectivity index (χ3n) is 20.2. The number of methoxy groups -OCH3 is 1. The van der Waals surface area contributed by atoms with E-state index in [0.717, 1.165) is 154 Å². The molecule has 6 amide bonds. The Bertz CT molecular complexity index is 3820. The van der Waals surface area contributed by atoms with Crippen LogP contribution >= 0.6 is 0 Å². The monoisotopic (exact) mass is 1410 g/mol. The second-order valence-corrected chi connectivity index (χ2v) is 27.8. The Hall–Kier alpha value is -9.11. The number of ether oxygens (including phenoxy) is 3. The number of fused-ring (bicyclic) bond motifs is 1. The van der Waals surface area contributed by atoms with Crippen molar-refractivity contribution in [2.24, 2.45) is 0 Å². The molecule has 7 aromatic rings. The molecule has 4 N–H and O–H groups in total. The maximum absolute atomic E-state index is 13.9. The van der Waals surface area contributed by atoms with Crippen LogP contribution in [0.15, 0.2) is 164 Å². The van der Waals surface area contributed by atoms with Crippen molar-refractivity contribution in [3.8, 4) is 28.4 Å². The van der Waals surface area contributed by atoms with Crippen LogP contribution in [0.5, 0.6) is 17.2 Å². The van der Waals surface area contributed by atoms with Crippen LogP contribution in [0.25, 0.3) is 11.1 Å². The first kappa shape index (κ1) is 78.0. The number of carbonyl (C=O) groups is 4. The summed E-state index contributed by atoms with van der Waals surface area (Å²) in [5.74, 6) is -3.23. The van der Waals surface area contributed by atoms with Gasteiger partial charge in [0.2, 0.25) is 6.79 Å². The SMILES string of the molecule is CCCC(C)N1CCC(N(Cc2ccccc2)C(=O)Nc2ccc(-c3cccc(C(=O)OC)c3)cc2)CC1.CCCC(C)N1CCC(N(Cc2ccccc2)C(=O)Nc2ccc(O)cc2C)CC1.CCCCN1CCC(N(Cc2ccc3c(c2)OCO3)C(=O)Nc2ccc(F)c(C(C)(F)F)c2)CC1. The topological polar surface area (TPSA) is 172 Å².